The van der Waals surface area contributed by atoms with Crippen molar-refractivity contribution in [1.82, 2.24) is 4.90 Å². The van der Waals surface area contributed by atoms with Crippen LogP contribution in [0, 0.1) is 21.8 Å². The largest absolute Gasteiger partial charge is 0.358 e. The van der Waals surface area contributed by atoms with Crippen LogP contribution in [0.5, 0.6) is 0 Å². The van der Waals surface area contributed by atoms with Crippen LogP contribution in [-0.4, -0.2) is 33.3 Å². The lowest BCUT2D eigenvalue weighted by Crippen LogP contribution is -2.49. The number of nitrogens with one attached hydrogen (secondary N) is 1. The Morgan fingerprint density at radius 1 is 0.881 bits per heavy atom. The van der Waals surface area contributed by atoms with Crippen LogP contribution >= 0.6 is 0 Å². The highest BCUT2D eigenvalue weighted by atomic mass is 19.1. The topological polar surface area (TPSA) is 110 Å². The molecule has 0 saturated carbocycles. The maximum atomic E-state index is 14.6. The minimum Gasteiger partial charge on any atom is -0.358 e. The van der Waals surface area contributed by atoms with Crippen LogP contribution in [0.15, 0.2) is 103 Å². The third kappa shape index (κ3) is 3.49. The molecule has 3 heterocycles. The summed E-state index contributed by atoms with van der Waals surface area (Å²) in [6.45, 7) is 0. The van der Waals surface area contributed by atoms with Crippen LogP contribution in [0.3, 0.4) is 0 Å². The number of non-ortho nitro benzene ring substituents is 1. The van der Waals surface area contributed by atoms with E-state index in [2.05, 4.69) is 5.32 Å². The minimum absolute atomic E-state index is 0.0425. The van der Waals surface area contributed by atoms with Gasteiger partial charge in [0, 0.05) is 35.1 Å². The number of para-hydroxylation sites is 1. The highest BCUT2D eigenvalue weighted by Gasteiger charge is 2.70. The van der Waals surface area contributed by atoms with Crippen LogP contribution in [0.2, 0.25) is 0 Å². The Balaban J connectivity index is 1.53. The Labute approximate surface area is 239 Å². The normalized spacial score (nSPS) is 23.2. The van der Waals surface area contributed by atoms with Gasteiger partial charge in [-0.2, -0.15) is 0 Å². The van der Waals surface area contributed by atoms with Crippen LogP contribution in [0.25, 0.3) is 6.08 Å². The summed E-state index contributed by atoms with van der Waals surface area (Å²) in [6, 6.07) is 23.0. The number of benzene rings is 4. The third-order valence-electron chi connectivity index (χ3n) is 8.59. The Kier molecular flexibility index (Phi) is 5.65. The SMILES string of the molecule is O=C(c1cccc([N+](=O)[O-])c1)[C@@H]1[C@H](C(=O)c2ccc(F)cc2)[C@]2(C(=O)Nc3ccccc32)[C@H]2c3ccccc3C=CN12. The molecule has 8 nitrogen and oxygen atoms in total. The Morgan fingerprint density at radius 2 is 1.62 bits per heavy atom. The van der Waals surface area contributed by atoms with Crippen molar-refractivity contribution >= 4 is 34.9 Å². The predicted octanol–water partition coefficient (Wildman–Crippen LogP) is 5.72. The molecule has 4 atom stereocenters. The van der Waals surface area contributed by atoms with Gasteiger partial charge in [-0.05, 0) is 53.1 Å². The number of carbonyl (C=O) groups is 3. The van der Waals surface area contributed by atoms with Crippen molar-refractivity contribution < 1.29 is 23.7 Å². The van der Waals surface area contributed by atoms with Gasteiger partial charge in [0.1, 0.15) is 17.3 Å². The highest BCUT2D eigenvalue weighted by Crippen LogP contribution is 2.62. The van der Waals surface area contributed by atoms with E-state index in [4.69, 9.17) is 0 Å². The molecule has 0 aliphatic carbocycles. The Hall–Kier alpha value is -5.44. The summed E-state index contributed by atoms with van der Waals surface area (Å²) in [7, 11) is 0. The molecule has 4 aromatic rings. The van der Waals surface area contributed by atoms with Gasteiger partial charge >= 0.3 is 0 Å². The van der Waals surface area contributed by atoms with Crippen molar-refractivity contribution in [3.63, 3.8) is 0 Å². The number of carbonyl (C=O) groups excluding carboxylic acids is 3. The van der Waals surface area contributed by atoms with E-state index in [-0.39, 0.29) is 16.8 Å². The zero-order valence-corrected chi connectivity index (χ0v) is 21.9. The van der Waals surface area contributed by atoms with Crippen LogP contribution in [0.4, 0.5) is 15.8 Å². The molecule has 7 rings (SSSR count). The molecule has 4 aromatic carbocycles. The summed E-state index contributed by atoms with van der Waals surface area (Å²) in [6.07, 6.45) is 3.55. The first-order chi connectivity index (χ1) is 20.3. The zero-order valence-electron chi connectivity index (χ0n) is 21.9. The second kappa shape index (κ2) is 9.31. The van der Waals surface area contributed by atoms with Gasteiger partial charge in [0.05, 0.1) is 16.9 Å². The first-order valence-corrected chi connectivity index (χ1v) is 13.4. The maximum Gasteiger partial charge on any atom is 0.270 e. The van der Waals surface area contributed by atoms with Gasteiger partial charge in [-0.25, -0.2) is 4.39 Å². The predicted molar refractivity (Wildman–Crippen MR) is 152 cm³/mol. The van der Waals surface area contributed by atoms with Gasteiger partial charge in [0.15, 0.2) is 11.6 Å². The van der Waals surface area contributed by atoms with Crippen molar-refractivity contribution in [2.75, 3.05) is 5.32 Å². The molecule has 0 aromatic heterocycles. The Morgan fingerprint density at radius 3 is 2.40 bits per heavy atom. The number of hydrogen-bond acceptors (Lipinski definition) is 6. The third-order valence-corrected chi connectivity index (χ3v) is 8.59. The average Bonchev–Trinajstić information content (AvgIpc) is 3.49. The van der Waals surface area contributed by atoms with Crippen LogP contribution in [0.1, 0.15) is 43.4 Å². The van der Waals surface area contributed by atoms with E-state index in [0.717, 1.165) is 23.3 Å². The molecule has 0 radical (unpaired) electrons. The summed E-state index contributed by atoms with van der Waals surface area (Å²) in [4.78, 5) is 56.3. The van der Waals surface area contributed by atoms with Gasteiger partial charge in [0.25, 0.3) is 5.69 Å². The fourth-order valence-corrected chi connectivity index (χ4v) is 6.90. The zero-order chi connectivity index (χ0) is 29.2. The van der Waals surface area contributed by atoms with E-state index in [1.54, 1.807) is 35.4 Å². The number of ketones is 2. The van der Waals surface area contributed by atoms with E-state index < -0.39 is 51.6 Å². The first kappa shape index (κ1) is 25.5. The first-order valence-electron chi connectivity index (χ1n) is 13.4. The second-order valence-electron chi connectivity index (χ2n) is 10.6. The van der Waals surface area contributed by atoms with E-state index in [9.17, 15) is 28.9 Å². The Bertz CT molecular complexity index is 1850. The van der Waals surface area contributed by atoms with E-state index in [1.807, 2.05) is 30.3 Å². The molecular weight excluding hydrogens is 537 g/mol. The molecule has 1 N–H and O–H groups in total. The van der Waals surface area contributed by atoms with Crippen molar-refractivity contribution in [2.45, 2.75) is 17.5 Å². The summed E-state index contributed by atoms with van der Waals surface area (Å²) in [5.74, 6) is -3.28. The maximum absolute atomic E-state index is 14.6. The van der Waals surface area contributed by atoms with E-state index >= 15 is 0 Å². The van der Waals surface area contributed by atoms with Crippen LogP contribution < -0.4 is 5.32 Å². The number of amides is 1. The van der Waals surface area contributed by atoms with Crippen molar-refractivity contribution in [3.8, 4) is 0 Å². The molecule has 9 heteroatoms. The highest BCUT2D eigenvalue weighted by molar-refractivity contribution is 6.16. The molecule has 0 unspecified atom stereocenters. The monoisotopic (exact) mass is 559 g/mol. The number of fused-ring (bicyclic) bond motifs is 6. The number of anilines is 1. The fourth-order valence-electron chi connectivity index (χ4n) is 6.90. The second-order valence-corrected chi connectivity index (χ2v) is 10.6. The standard InChI is InChI=1S/C33H22FN3O5/c34-22-14-12-20(13-15-22)29(38)27-28(30(39)21-7-5-8-23(18-21)37(41)42)36-17-16-19-6-1-2-9-24(19)31(36)33(27)25-10-3-4-11-26(25)35-32(33)40/h1-18,27-28,31H,(H,35,40)/t27-,28+,31-,33+/m1/s1. The minimum atomic E-state index is -1.55. The number of Topliss-reactive ketones (excluding diaryl/α,β-unsaturated/α-hetero) is 2. The lowest BCUT2D eigenvalue weighted by Gasteiger charge is -2.38. The van der Waals surface area contributed by atoms with E-state index in [0.29, 0.717) is 11.3 Å². The van der Waals surface area contributed by atoms with Gasteiger partial charge in [0.2, 0.25) is 5.91 Å². The lowest BCUT2D eigenvalue weighted by molar-refractivity contribution is -0.384. The lowest BCUT2D eigenvalue weighted by atomic mass is 9.62. The summed E-state index contributed by atoms with van der Waals surface area (Å²) >= 11 is 0. The molecule has 1 spiro atoms. The number of nitro groups is 1. The molecular formula is C33H22FN3O5. The van der Waals surface area contributed by atoms with Gasteiger partial charge in [-0.15, -0.1) is 0 Å². The summed E-state index contributed by atoms with van der Waals surface area (Å²) < 4.78 is 13.9. The number of rotatable bonds is 5. The van der Waals surface area contributed by atoms with Gasteiger partial charge < -0.3 is 10.2 Å². The smallest absolute Gasteiger partial charge is 0.270 e. The van der Waals surface area contributed by atoms with Crippen molar-refractivity contribution in [2.24, 2.45) is 5.92 Å². The van der Waals surface area contributed by atoms with Crippen molar-refractivity contribution in [3.05, 3.63) is 147 Å². The number of nitro benzene ring substituents is 1. The average molecular weight is 560 g/mol. The molecule has 1 amide bonds. The number of hydrogen-bond donors (Lipinski definition) is 1. The quantitative estimate of drug-likeness (QED) is 0.190. The number of nitrogens with zero attached hydrogens (tertiary/aromatic N) is 2. The fraction of sp³-hybridized carbons (Fsp3) is 0.121. The molecule has 0 bridgehead atoms. The molecule has 42 heavy (non-hydrogen) atoms. The van der Waals surface area contributed by atoms with Crippen LogP contribution in [-0.2, 0) is 10.2 Å². The van der Waals surface area contributed by atoms with Gasteiger partial charge in [-0.1, -0.05) is 54.6 Å². The molecule has 3 aliphatic rings. The van der Waals surface area contributed by atoms with Gasteiger partial charge in [-0.3, -0.25) is 24.5 Å². The summed E-state index contributed by atoms with van der Waals surface area (Å²) in [5, 5.41) is 14.5. The van der Waals surface area contributed by atoms with E-state index in [1.165, 1.54) is 36.4 Å². The molecule has 1 saturated heterocycles. The summed E-state index contributed by atoms with van der Waals surface area (Å²) in [5.41, 5.74) is 1.08. The molecule has 206 valence electrons. The molecule has 3 aliphatic heterocycles. The van der Waals surface area contributed by atoms with Crippen molar-refractivity contribution in [1.29, 1.82) is 0 Å². The number of halogens is 1. The molecule has 1 fully saturated rings.